The van der Waals surface area contributed by atoms with Gasteiger partial charge in [-0.25, -0.2) is 9.37 Å². The number of pyridine rings is 2. The van der Waals surface area contributed by atoms with Crippen LogP contribution in [0.1, 0.15) is 44.4 Å². The van der Waals surface area contributed by atoms with Gasteiger partial charge in [-0.15, -0.1) is 0 Å². The lowest BCUT2D eigenvalue weighted by atomic mass is 10.1. The van der Waals surface area contributed by atoms with Gasteiger partial charge in [0.1, 0.15) is 17.7 Å². The first-order valence-electron chi connectivity index (χ1n) is 10.7. The molecular formula is C23H27FN6O. The average Bonchev–Trinajstić information content (AvgIpc) is 3.54. The number of carbonyl (C=O) groups excluding carboxylic acids is 1. The van der Waals surface area contributed by atoms with Crippen molar-refractivity contribution in [1.82, 2.24) is 20.2 Å². The average molecular weight is 423 g/mol. The molecule has 1 amide bonds. The second-order valence-corrected chi connectivity index (χ2v) is 8.51. The van der Waals surface area contributed by atoms with Gasteiger partial charge in [0, 0.05) is 50.5 Å². The second kappa shape index (κ2) is 8.60. The predicted molar refractivity (Wildman–Crippen MR) is 115 cm³/mol. The highest BCUT2D eigenvalue weighted by molar-refractivity contribution is 5.77. The fraction of sp³-hybridized carbons (Fsp3) is 0.478. The Kier molecular flexibility index (Phi) is 5.88. The van der Waals surface area contributed by atoms with Gasteiger partial charge in [0.05, 0.1) is 16.8 Å². The van der Waals surface area contributed by atoms with Gasteiger partial charge in [-0.2, -0.15) is 5.26 Å². The third kappa shape index (κ3) is 4.37. The number of rotatable bonds is 6. The van der Waals surface area contributed by atoms with Crippen LogP contribution in [0.5, 0.6) is 0 Å². The molecule has 2 aliphatic rings. The number of carbonyl (C=O) groups is 1. The van der Waals surface area contributed by atoms with Crippen LogP contribution in [0.2, 0.25) is 0 Å². The molecule has 0 spiro atoms. The summed E-state index contributed by atoms with van der Waals surface area (Å²) in [5, 5.41) is 12.3. The third-order valence-electron chi connectivity index (χ3n) is 6.18. The monoisotopic (exact) mass is 422 g/mol. The Morgan fingerprint density at radius 1 is 1.26 bits per heavy atom. The summed E-state index contributed by atoms with van der Waals surface area (Å²) in [5.41, 5.74) is 0.559. The Hall–Kier alpha value is -3.05. The van der Waals surface area contributed by atoms with Gasteiger partial charge < -0.3 is 15.1 Å². The molecule has 2 unspecified atom stereocenters. The van der Waals surface area contributed by atoms with Gasteiger partial charge in [-0.3, -0.25) is 9.78 Å². The molecule has 0 bridgehead atoms. The minimum Gasteiger partial charge on any atom is -0.348 e. The molecule has 0 radical (unpaired) electrons. The van der Waals surface area contributed by atoms with Crippen molar-refractivity contribution in [2.24, 2.45) is 0 Å². The normalized spacial score (nSPS) is 22.1. The SMILES string of the molecule is CC1CN(C(=O)CCNC2(c3ncccc3F)CC2)CC(C)N1c1ccc(C#N)cn1. The molecule has 2 aromatic heterocycles. The van der Waals surface area contributed by atoms with Crippen molar-refractivity contribution in [1.29, 1.82) is 5.26 Å². The predicted octanol–water partition coefficient (Wildman–Crippen LogP) is 2.58. The van der Waals surface area contributed by atoms with Gasteiger partial charge in [0.15, 0.2) is 0 Å². The van der Waals surface area contributed by atoms with Crippen molar-refractivity contribution < 1.29 is 9.18 Å². The Morgan fingerprint density at radius 3 is 2.58 bits per heavy atom. The maximum atomic E-state index is 14.1. The number of nitriles is 1. The quantitative estimate of drug-likeness (QED) is 0.770. The van der Waals surface area contributed by atoms with E-state index >= 15 is 0 Å². The minimum atomic E-state index is -0.424. The number of halogens is 1. The molecule has 3 heterocycles. The Labute approximate surface area is 181 Å². The zero-order valence-corrected chi connectivity index (χ0v) is 17.9. The Morgan fingerprint density at radius 2 is 2.00 bits per heavy atom. The highest BCUT2D eigenvalue weighted by Crippen LogP contribution is 2.45. The Bertz CT molecular complexity index is 972. The van der Waals surface area contributed by atoms with Crippen molar-refractivity contribution in [3.8, 4) is 6.07 Å². The molecule has 1 saturated carbocycles. The smallest absolute Gasteiger partial charge is 0.223 e. The van der Waals surface area contributed by atoms with Crippen molar-refractivity contribution in [2.45, 2.75) is 50.7 Å². The second-order valence-electron chi connectivity index (χ2n) is 8.51. The van der Waals surface area contributed by atoms with E-state index in [2.05, 4.69) is 40.1 Å². The zero-order chi connectivity index (χ0) is 22.0. The number of hydrogen-bond acceptors (Lipinski definition) is 6. The van der Waals surface area contributed by atoms with Crippen molar-refractivity contribution in [2.75, 3.05) is 24.5 Å². The first-order valence-corrected chi connectivity index (χ1v) is 10.7. The van der Waals surface area contributed by atoms with E-state index in [1.54, 1.807) is 24.5 Å². The van der Waals surface area contributed by atoms with Crippen LogP contribution in [-0.2, 0) is 10.3 Å². The molecule has 2 fully saturated rings. The molecule has 7 nitrogen and oxygen atoms in total. The number of nitrogens with zero attached hydrogens (tertiary/aromatic N) is 5. The van der Waals surface area contributed by atoms with Crippen molar-refractivity contribution >= 4 is 11.7 Å². The fourth-order valence-electron chi connectivity index (χ4n) is 4.51. The summed E-state index contributed by atoms with van der Waals surface area (Å²) in [6.07, 6.45) is 5.22. The summed E-state index contributed by atoms with van der Waals surface area (Å²) in [4.78, 5) is 25.6. The van der Waals surface area contributed by atoms with Crippen LogP contribution in [0.25, 0.3) is 0 Å². The highest BCUT2D eigenvalue weighted by Gasteiger charge is 2.47. The van der Waals surface area contributed by atoms with Crippen LogP contribution < -0.4 is 10.2 Å². The first-order chi connectivity index (χ1) is 14.9. The summed E-state index contributed by atoms with van der Waals surface area (Å²) in [6, 6.07) is 8.95. The zero-order valence-electron chi connectivity index (χ0n) is 17.9. The van der Waals surface area contributed by atoms with Gasteiger partial charge in [-0.05, 0) is 51.0 Å². The first kappa shape index (κ1) is 21.2. The topological polar surface area (TPSA) is 85.2 Å². The van der Waals surface area contributed by atoms with Crippen LogP contribution in [0.3, 0.4) is 0 Å². The number of piperazine rings is 1. The third-order valence-corrected chi connectivity index (χ3v) is 6.18. The van der Waals surface area contributed by atoms with Crippen LogP contribution >= 0.6 is 0 Å². The number of amides is 1. The van der Waals surface area contributed by atoms with Gasteiger partial charge in [-0.1, -0.05) is 0 Å². The summed E-state index contributed by atoms with van der Waals surface area (Å²) in [5.74, 6) is 0.616. The van der Waals surface area contributed by atoms with E-state index < -0.39 is 5.54 Å². The molecule has 1 aliphatic carbocycles. The number of nitrogens with one attached hydrogen (secondary N) is 1. The van der Waals surface area contributed by atoms with E-state index in [-0.39, 0.29) is 23.8 Å². The van der Waals surface area contributed by atoms with E-state index in [9.17, 15) is 9.18 Å². The molecular weight excluding hydrogens is 395 g/mol. The molecule has 162 valence electrons. The largest absolute Gasteiger partial charge is 0.348 e. The van der Waals surface area contributed by atoms with E-state index in [0.29, 0.717) is 37.3 Å². The molecule has 2 aromatic rings. The maximum absolute atomic E-state index is 14.1. The number of hydrogen-bond donors (Lipinski definition) is 1. The van der Waals surface area contributed by atoms with Crippen molar-refractivity contribution in [3.05, 3.63) is 53.7 Å². The fourth-order valence-corrected chi connectivity index (χ4v) is 4.51. The number of anilines is 1. The summed E-state index contributed by atoms with van der Waals surface area (Å²) >= 11 is 0. The van der Waals surface area contributed by atoms with Crippen LogP contribution in [0.4, 0.5) is 10.2 Å². The molecule has 2 atom stereocenters. The van der Waals surface area contributed by atoms with Gasteiger partial charge in [0.2, 0.25) is 5.91 Å². The van der Waals surface area contributed by atoms with Crippen LogP contribution in [0, 0.1) is 17.1 Å². The van der Waals surface area contributed by atoms with E-state index in [0.717, 1.165) is 18.7 Å². The molecule has 8 heteroatoms. The lowest BCUT2D eigenvalue weighted by molar-refractivity contribution is -0.132. The Balaban J connectivity index is 1.32. The lowest BCUT2D eigenvalue weighted by Gasteiger charge is -2.45. The number of aromatic nitrogens is 2. The summed E-state index contributed by atoms with van der Waals surface area (Å²) < 4.78 is 14.1. The molecule has 1 aliphatic heterocycles. The highest BCUT2D eigenvalue weighted by atomic mass is 19.1. The standard InChI is InChI=1S/C23H27FN6O/c1-16-14-29(15-17(2)30(16)20-6-5-18(12-25)13-27-20)21(31)7-11-28-23(8-9-23)22-19(24)4-3-10-26-22/h3-6,10,13,16-17,28H,7-9,11,14-15H2,1-2H3. The molecule has 1 saturated heterocycles. The molecule has 0 aromatic carbocycles. The van der Waals surface area contributed by atoms with Crippen LogP contribution in [0.15, 0.2) is 36.7 Å². The van der Waals surface area contributed by atoms with Crippen molar-refractivity contribution in [3.63, 3.8) is 0 Å². The minimum absolute atomic E-state index is 0.0935. The molecule has 4 rings (SSSR count). The van der Waals surface area contributed by atoms with Crippen LogP contribution in [-0.4, -0.2) is 52.5 Å². The van der Waals surface area contributed by atoms with Gasteiger partial charge >= 0.3 is 0 Å². The maximum Gasteiger partial charge on any atom is 0.223 e. The summed E-state index contributed by atoms with van der Waals surface area (Å²) in [7, 11) is 0. The van der Waals surface area contributed by atoms with E-state index in [1.165, 1.54) is 6.07 Å². The molecule has 31 heavy (non-hydrogen) atoms. The van der Waals surface area contributed by atoms with E-state index in [1.807, 2.05) is 11.0 Å². The molecule has 1 N–H and O–H groups in total. The lowest BCUT2D eigenvalue weighted by Crippen LogP contribution is -2.58. The van der Waals surface area contributed by atoms with E-state index in [4.69, 9.17) is 5.26 Å². The summed E-state index contributed by atoms with van der Waals surface area (Å²) in [6.45, 7) is 5.89. The van der Waals surface area contributed by atoms with Gasteiger partial charge in [0.25, 0.3) is 0 Å².